The summed E-state index contributed by atoms with van der Waals surface area (Å²) < 4.78 is 0. The lowest BCUT2D eigenvalue weighted by molar-refractivity contribution is 0.373. The van der Waals surface area contributed by atoms with Gasteiger partial charge in [-0.05, 0) is 283 Å². The summed E-state index contributed by atoms with van der Waals surface area (Å²) in [6.45, 7) is 22.2. The van der Waals surface area contributed by atoms with Crippen LogP contribution in [0.1, 0.15) is 265 Å². The zero-order valence-electron chi connectivity index (χ0n) is 67.6. The fraction of sp³-hybridized carbons (Fsp3) is 0.358. The molecule has 1 fully saturated rings. The van der Waals surface area contributed by atoms with Gasteiger partial charge in [-0.2, -0.15) is 0 Å². The molecule has 0 aliphatic heterocycles. The van der Waals surface area contributed by atoms with E-state index in [-0.39, 0.29) is 21.7 Å². The molecular formula is C109H118. The second kappa shape index (κ2) is 31.0. The number of fused-ring (bicyclic) bond motifs is 25. The van der Waals surface area contributed by atoms with E-state index in [0.717, 1.165) is 19.3 Å². The molecule has 0 nitrogen and oxygen atoms in total. The molecule has 5 spiro atoms. The molecule has 10 aromatic rings. The van der Waals surface area contributed by atoms with Crippen molar-refractivity contribution in [2.75, 3.05) is 0 Å². The summed E-state index contributed by atoms with van der Waals surface area (Å²) in [5.41, 5.74) is 45.1. The SMILES string of the molecule is Cc1ccc2c(c1)C1(/C=C\CCCCC1)c1cc(C)ccc1-2.Cc1ccc2c(c1)C1(C/C=C\CCCC1)c1cc(C)ccc1-2.Cc1ccc2c(c1)C1(CC/C=C\CCC1)c1cc(C)ccc1-2.Cc1ccc2c(c1)C1(CC=CC=CC1)c1cc(C)ccc1-2.Cc1ccc2c(c1)C1(CCCCCCC1)c1cc(C)ccc1-2. The minimum absolute atomic E-state index is 0.114. The molecule has 10 aromatic carbocycles. The van der Waals surface area contributed by atoms with E-state index in [0.29, 0.717) is 5.41 Å². The van der Waals surface area contributed by atoms with Crippen molar-refractivity contribution in [2.45, 2.75) is 250 Å². The molecule has 109 heavy (non-hydrogen) atoms. The van der Waals surface area contributed by atoms with Crippen LogP contribution in [0.2, 0.25) is 0 Å². The standard InChI is InChI=1S/C22H26.3C22H24.C21H20/c4*1-16-8-10-18-19-11-9-17(2)15-21(19)22(20(18)14-16)12-6-4-3-5-7-13-22;1-15-7-9-17-18-10-8-16(2)14-20(18)21(19(17)13-15)11-5-3-4-6-12-21/h8-11,14-15H,3-7,12-13H2,1-2H3;6,8-12,14-15H,3-5,7,13H2,1-2H3;4,6,8-11,14-15H,3,5,7,12-13H2,1-2H3;3-4,8-11,14-15H,5-7,12-13H2,1-2H3;3-10,13-14H,11-12H2,1-2H3/b;12-6-;6-4-;4-3-;. The molecule has 0 radical (unpaired) electrons. The van der Waals surface area contributed by atoms with E-state index >= 15 is 0 Å². The first kappa shape index (κ1) is 74.0. The van der Waals surface area contributed by atoms with E-state index in [1.165, 1.54) is 268 Å². The highest BCUT2D eigenvalue weighted by atomic mass is 14.5. The molecule has 0 saturated heterocycles. The van der Waals surface area contributed by atoms with E-state index in [9.17, 15) is 0 Å². The van der Waals surface area contributed by atoms with Crippen LogP contribution in [0, 0.1) is 69.2 Å². The Morgan fingerprint density at radius 1 is 0.183 bits per heavy atom. The smallest absolute Gasteiger partial charge is 0.0394 e. The number of hydrogen-bond acceptors (Lipinski definition) is 0. The Morgan fingerprint density at radius 2 is 0.431 bits per heavy atom. The van der Waals surface area contributed by atoms with E-state index in [2.05, 4.69) is 312 Å². The Morgan fingerprint density at radius 3 is 0.835 bits per heavy atom. The maximum Gasteiger partial charge on any atom is 0.0394 e. The van der Waals surface area contributed by atoms with Crippen molar-refractivity contribution < 1.29 is 0 Å². The molecule has 0 atom stereocenters. The number of hydrogen-bond donors (Lipinski definition) is 0. The summed E-state index contributed by atoms with van der Waals surface area (Å²) in [4.78, 5) is 0. The number of aryl methyl sites for hydroxylation is 10. The summed E-state index contributed by atoms with van der Waals surface area (Å²) in [5.74, 6) is 0. The zero-order valence-corrected chi connectivity index (χ0v) is 67.6. The van der Waals surface area contributed by atoms with Crippen LogP contribution in [-0.4, -0.2) is 0 Å². The maximum absolute atomic E-state index is 2.52. The Hall–Kier alpha value is -9.10. The Bertz CT molecular complexity index is 4960. The van der Waals surface area contributed by atoms with Crippen molar-refractivity contribution in [2.24, 2.45) is 0 Å². The lowest BCUT2D eigenvalue weighted by Crippen LogP contribution is -2.26. The molecule has 20 rings (SSSR count). The van der Waals surface area contributed by atoms with Gasteiger partial charge >= 0.3 is 0 Å². The molecule has 0 heteroatoms. The monoisotopic (exact) mass is 1430 g/mol. The summed E-state index contributed by atoms with van der Waals surface area (Å²) in [7, 11) is 0. The summed E-state index contributed by atoms with van der Waals surface area (Å²) >= 11 is 0. The van der Waals surface area contributed by atoms with Crippen LogP contribution < -0.4 is 0 Å². The predicted octanol–water partition coefficient (Wildman–Crippen LogP) is 30.1. The minimum atomic E-state index is 0.114. The van der Waals surface area contributed by atoms with Crippen LogP contribution >= 0.6 is 0 Å². The molecule has 0 N–H and O–H groups in total. The number of rotatable bonds is 0. The first-order chi connectivity index (χ1) is 53.0. The van der Waals surface area contributed by atoms with Gasteiger partial charge in [0.25, 0.3) is 0 Å². The van der Waals surface area contributed by atoms with E-state index in [1.54, 1.807) is 33.4 Å². The quantitative estimate of drug-likeness (QED) is 0.133. The van der Waals surface area contributed by atoms with E-state index < -0.39 is 0 Å². The molecule has 0 aromatic heterocycles. The molecule has 1 saturated carbocycles. The van der Waals surface area contributed by atoms with Crippen molar-refractivity contribution in [1.82, 2.24) is 0 Å². The van der Waals surface area contributed by atoms with Gasteiger partial charge in [0.1, 0.15) is 0 Å². The Kier molecular flexibility index (Phi) is 21.0. The van der Waals surface area contributed by atoms with Crippen molar-refractivity contribution in [3.8, 4) is 55.6 Å². The molecule has 0 bridgehead atoms. The molecule has 554 valence electrons. The van der Waals surface area contributed by atoms with Crippen LogP contribution in [0.5, 0.6) is 0 Å². The van der Waals surface area contributed by atoms with Gasteiger partial charge in [-0.3, -0.25) is 0 Å². The molecule has 10 aliphatic carbocycles. The average Bonchev–Trinajstić information content (AvgIpc) is 1.61. The number of allylic oxidation sites excluding steroid dienone is 10. The van der Waals surface area contributed by atoms with Crippen LogP contribution in [0.3, 0.4) is 0 Å². The highest BCUT2D eigenvalue weighted by Crippen LogP contribution is 2.60. The van der Waals surface area contributed by atoms with Gasteiger partial charge in [0.2, 0.25) is 0 Å². The van der Waals surface area contributed by atoms with Gasteiger partial charge in [-0.1, -0.05) is 350 Å². The average molecular weight is 1430 g/mol. The Labute approximate surface area is 655 Å². The van der Waals surface area contributed by atoms with Crippen molar-refractivity contribution in [3.05, 3.63) is 354 Å². The highest BCUT2D eigenvalue weighted by molar-refractivity contribution is 5.87. The van der Waals surface area contributed by atoms with Gasteiger partial charge < -0.3 is 0 Å². The second-order valence-corrected chi connectivity index (χ2v) is 35.1. The minimum Gasteiger partial charge on any atom is -0.0885 e. The zero-order chi connectivity index (χ0) is 75.1. The molecular weight excluding hydrogens is 1310 g/mol. The van der Waals surface area contributed by atoms with Crippen LogP contribution in [-0.2, 0) is 27.1 Å². The van der Waals surface area contributed by atoms with Crippen molar-refractivity contribution in [3.63, 3.8) is 0 Å². The largest absolute Gasteiger partial charge is 0.0885 e. The summed E-state index contributed by atoms with van der Waals surface area (Å²) in [5, 5.41) is 0. The third-order valence-electron chi connectivity index (χ3n) is 27.4. The van der Waals surface area contributed by atoms with Gasteiger partial charge in [0, 0.05) is 27.1 Å². The van der Waals surface area contributed by atoms with Crippen molar-refractivity contribution in [1.29, 1.82) is 0 Å². The van der Waals surface area contributed by atoms with Crippen LogP contribution in [0.15, 0.2) is 243 Å². The first-order valence-electron chi connectivity index (χ1n) is 42.5. The number of benzene rings is 10. The Balaban J connectivity index is 0.000000104. The first-order valence-corrected chi connectivity index (χ1v) is 42.5. The van der Waals surface area contributed by atoms with Crippen LogP contribution in [0.4, 0.5) is 0 Å². The van der Waals surface area contributed by atoms with Gasteiger partial charge in [0.15, 0.2) is 0 Å². The van der Waals surface area contributed by atoms with E-state index in [4.69, 9.17) is 0 Å². The van der Waals surface area contributed by atoms with Gasteiger partial charge in [-0.15, -0.1) is 0 Å². The fourth-order valence-electron chi connectivity index (χ4n) is 21.9. The predicted molar refractivity (Wildman–Crippen MR) is 467 cm³/mol. The maximum atomic E-state index is 2.52. The highest BCUT2D eigenvalue weighted by Gasteiger charge is 2.47. The molecule has 0 unspecified atom stereocenters. The third kappa shape index (κ3) is 13.7. The lowest BCUT2D eigenvalue weighted by atomic mass is 9.69. The fourth-order valence-corrected chi connectivity index (χ4v) is 21.9. The second-order valence-electron chi connectivity index (χ2n) is 35.1. The third-order valence-corrected chi connectivity index (χ3v) is 27.4. The molecule has 0 heterocycles. The normalized spacial score (nSPS) is 19.5. The topological polar surface area (TPSA) is 0 Å². The van der Waals surface area contributed by atoms with Crippen molar-refractivity contribution >= 4 is 0 Å². The molecule has 10 aliphatic rings. The molecule has 0 amide bonds. The summed E-state index contributed by atoms with van der Waals surface area (Å²) in [6.07, 6.45) is 54.5. The van der Waals surface area contributed by atoms with Gasteiger partial charge in [-0.25, -0.2) is 0 Å². The van der Waals surface area contributed by atoms with Gasteiger partial charge in [0.05, 0.1) is 0 Å². The van der Waals surface area contributed by atoms with Crippen LogP contribution in [0.25, 0.3) is 55.6 Å². The van der Waals surface area contributed by atoms with E-state index in [1.807, 2.05) is 0 Å². The lowest BCUT2D eigenvalue weighted by Gasteiger charge is -2.34. The summed E-state index contributed by atoms with van der Waals surface area (Å²) in [6, 6.07) is 70.4.